The molecule has 50 valence electrons. The molecule has 1 atom stereocenters. The second-order valence-corrected chi connectivity index (χ2v) is 2.88. The Morgan fingerprint density at radius 2 is 2.56 bits per heavy atom. The van der Waals surface area contributed by atoms with Crippen molar-refractivity contribution in [3.8, 4) is 0 Å². The highest BCUT2D eigenvalue weighted by molar-refractivity contribution is 5.81. The van der Waals surface area contributed by atoms with Crippen LogP contribution >= 0.6 is 0 Å². The number of fused-ring (bicyclic) bond motifs is 1. The number of hydrogen-bond donors (Lipinski definition) is 0. The first-order valence-electron chi connectivity index (χ1n) is 3.65. The molecule has 2 aliphatic rings. The maximum absolute atomic E-state index is 4.36. The van der Waals surface area contributed by atoms with Crippen LogP contribution < -0.4 is 0 Å². The predicted octanol–water partition coefficient (Wildman–Crippen LogP) is 0.883. The van der Waals surface area contributed by atoms with Crippen molar-refractivity contribution >= 4 is 5.84 Å². The number of amidine groups is 1. The summed E-state index contributed by atoms with van der Waals surface area (Å²) in [6.07, 6.45) is 2.73. The molecule has 1 saturated heterocycles. The fraction of sp³-hybridized carbons (Fsp3) is 0.857. The van der Waals surface area contributed by atoms with Crippen LogP contribution in [0.4, 0.5) is 0 Å². The third-order valence-electron chi connectivity index (χ3n) is 2.32. The lowest BCUT2D eigenvalue weighted by Crippen LogP contribution is -2.28. The van der Waals surface area contributed by atoms with Crippen molar-refractivity contribution < 1.29 is 0 Å². The molecule has 2 nitrogen and oxygen atoms in total. The molecule has 0 N–H and O–H groups in total. The van der Waals surface area contributed by atoms with Gasteiger partial charge in [0.1, 0.15) is 0 Å². The molecule has 0 aromatic rings. The summed E-state index contributed by atoms with van der Waals surface area (Å²) in [6, 6.07) is 0.782. The van der Waals surface area contributed by atoms with Crippen molar-refractivity contribution in [1.82, 2.24) is 4.90 Å². The Hall–Kier alpha value is -0.530. The highest BCUT2D eigenvalue weighted by Gasteiger charge is 2.28. The van der Waals surface area contributed by atoms with Crippen LogP contribution in [0.3, 0.4) is 0 Å². The SMILES string of the molecule is CC1=NCC2CCCN12. The van der Waals surface area contributed by atoms with Gasteiger partial charge in [-0.15, -0.1) is 0 Å². The van der Waals surface area contributed by atoms with Gasteiger partial charge in [-0.3, -0.25) is 4.99 Å². The Labute approximate surface area is 55.6 Å². The highest BCUT2D eigenvalue weighted by atomic mass is 15.3. The number of aliphatic imine (C=N–C) groups is 1. The molecular weight excluding hydrogens is 112 g/mol. The van der Waals surface area contributed by atoms with E-state index >= 15 is 0 Å². The molecule has 2 heteroatoms. The van der Waals surface area contributed by atoms with E-state index in [0.717, 1.165) is 12.6 Å². The summed E-state index contributed by atoms with van der Waals surface area (Å²) in [5.74, 6) is 1.26. The summed E-state index contributed by atoms with van der Waals surface area (Å²) in [5, 5.41) is 0. The van der Waals surface area contributed by atoms with E-state index in [1.54, 1.807) is 0 Å². The minimum absolute atomic E-state index is 0.782. The number of rotatable bonds is 0. The zero-order valence-electron chi connectivity index (χ0n) is 5.80. The van der Waals surface area contributed by atoms with Gasteiger partial charge in [-0.05, 0) is 19.8 Å². The second kappa shape index (κ2) is 1.72. The van der Waals surface area contributed by atoms with Crippen molar-refractivity contribution in [1.29, 1.82) is 0 Å². The number of nitrogens with zero attached hydrogens (tertiary/aromatic N) is 2. The largest absolute Gasteiger partial charge is 0.356 e. The van der Waals surface area contributed by atoms with E-state index in [4.69, 9.17) is 0 Å². The molecule has 0 radical (unpaired) electrons. The second-order valence-electron chi connectivity index (χ2n) is 2.88. The molecule has 9 heavy (non-hydrogen) atoms. The molecule has 0 amide bonds. The molecule has 2 heterocycles. The maximum Gasteiger partial charge on any atom is 0.0961 e. The van der Waals surface area contributed by atoms with E-state index < -0.39 is 0 Å². The molecular formula is C7H12N2. The third kappa shape index (κ3) is 0.655. The average Bonchev–Trinajstić information content (AvgIpc) is 2.35. The van der Waals surface area contributed by atoms with Gasteiger partial charge >= 0.3 is 0 Å². The monoisotopic (exact) mass is 124 g/mol. The van der Waals surface area contributed by atoms with E-state index in [1.807, 2.05) is 0 Å². The Kier molecular flexibility index (Phi) is 1.01. The fourth-order valence-corrected chi connectivity index (χ4v) is 1.78. The topological polar surface area (TPSA) is 15.6 Å². The molecule has 2 aliphatic heterocycles. The maximum atomic E-state index is 4.36. The summed E-state index contributed by atoms with van der Waals surface area (Å²) in [6.45, 7) is 4.43. The van der Waals surface area contributed by atoms with Crippen LogP contribution in [-0.4, -0.2) is 29.9 Å². The standard InChI is InChI=1S/C7H12N2/c1-6-8-5-7-3-2-4-9(6)7/h7H,2-5H2,1H3. The first-order valence-corrected chi connectivity index (χ1v) is 3.65. The lowest BCUT2D eigenvalue weighted by Gasteiger charge is -2.16. The van der Waals surface area contributed by atoms with Crippen LogP contribution in [-0.2, 0) is 0 Å². The van der Waals surface area contributed by atoms with Crippen LogP contribution in [0.5, 0.6) is 0 Å². The van der Waals surface area contributed by atoms with Crippen molar-refractivity contribution in [3.05, 3.63) is 0 Å². The Morgan fingerprint density at radius 1 is 1.67 bits per heavy atom. The summed E-state index contributed by atoms with van der Waals surface area (Å²) in [4.78, 5) is 6.79. The normalized spacial score (nSPS) is 32.8. The zero-order chi connectivity index (χ0) is 6.27. The van der Waals surface area contributed by atoms with Gasteiger partial charge in [-0.1, -0.05) is 0 Å². The van der Waals surface area contributed by atoms with E-state index in [1.165, 1.54) is 25.2 Å². The van der Waals surface area contributed by atoms with Crippen LogP contribution in [0.1, 0.15) is 19.8 Å². The van der Waals surface area contributed by atoms with Crippen molar-refractivity contribution in [2.24, 2.45) is 4.99 Å². The first-order chi connectivity index (χ1) is 4.38. The summed E-state index contributed by atoms with van der Waals surface area (Å²) in [5.41, 5.74) is 0. The molecule has 0 aromatic heterocycles. The molecule has 0 spiro atoms. The van der Waals surface area contributed by atoms with Crippen molar-refractivity contribution in [2.45, 2.75) is 25.8 Å². The van der Waals surface area contributed by atoms with Gasteiger partial charge in [-0.2, -0.15) is 0 Å². The first kappa shape index (κ1) is 5.27. The van der Waals surface area contributed by atoms with E-state index in [-0.39, 0.29) is 0 Å². The van der Waals surface area contributed by atoms with E-state index in [9.17, 15) is 0 Å². The van der Waals surface area contributed by atoms with Gasteiger partial charge in [0.25, 0.3) is 0 Å². The lowest BCUT2D eigenvalue weighted by atomic mass is 10.2. The molecule has 2 rings (SSSR count). The molecule has 0 aromatic carbocycles. The van der Waals surface area contributed by atoms with Gasteiger partial charge in [0.05, 0.1) is 12.4 Å². The Morgan fingerprint density at radius 3 is 3.33 bits per heavy atom. The Balaban J connectivity index is 2.16. The molecule has 0 bridgehead atoms. The minimum Gasteiger partial charge on any atom is -0.356 e. The van der Waals surface area contributed by atoms with Gasteiger partial charge < -0.3 is 4.90 Å². The van der Waals surface area contributed by atoms with Gasteiger partial charge in [-0.25, -0.2) is 0 Å². The average molecular weight is 124 g/mol. The van der Waals surface area contributed by atoms with Crippen molar-refractivity contribution in [2.75, 3.05) is 13.1 Å². The lowest BCUT2D eigenvalue weighted by molar-refractivity contribution is 0.428. The van der Waals surface area contributed by atoms with Crippen LogP contribution in [0.15, 0.2) is 4.99 Å². The van der Waals surface area contributed by atoms with Crippen LogP contribution in [0, 0.1) is 0 Å². The zero-order valence-corrected chi connectivity index (χ0v) is 5.80. The van der Waals surface area contributed by atoms with E-state index in [2.05, 4.69) is 16.8 Å². The van der Waals surface area contributed by atoms with Crippen molar-refractivity contribution in [3.63, 3.8) is 0 Å². The molecule has 1 fully saturated rings. The summed E-state index contributed by atoms with van der Waals surface area (Å²) < 4.78 is 0. The van der Waals surface area contributed by atoms with E-state index in [0.29, 0.717) is 0 Å². The van der Waals surface area contributed by atoms with Gasteiger partial charge in [0.2, 0.25) is 0 Å². The van der Waals surface area contributed by atoms with Crippen LogP contribution in [0.2, 0.25) is 0 Å². The quantitative estimate of drug-likeness (QED) is 0.468. The minimum atomic E-state index is 0.782. The summed E-state index contributed by atoms with van der Waals surface area (Å²) in [7, 11) is 0. The third-order valence-corrected chi connectivity index (χ3v) is 2.32. The molecule has 0 saturated carbocycles. The number of hydrogen-bond acceptors (Lipinski definition) is 2. The van der Waals surface area contributed by atoms with Gasteiger partial charge in [0, 0.05) is 12.6 Å². The fourth-order valence-electron chi connectivity index (χ4n) is 1.78. The molecule has 0 aliphatic carbocycles. The van der Waals surface area contributed by atoms with Gasteiger partial charge in [0.15, 0.2) is 0 Å². The smallest absolute Gasteiger partial charge is 0.0961 e. The highest BCUT2D eigenvalue weighted by Crippen LogP contribution is 2.21. The van der Waals surface area contributed by atoms with Crippen LogP contribution in [0.25, 0.3) is 0 Å². The Bertz CT molecular complexity index is 151. The molecule has 1 unspecified atom stereocenters. The summed E-state index contributed by atoms with van der Waals surface area (Å²) >= 11 is 0. The predicted molar refractivity (Wildman–Crippen MR) is 37.7 cm³/mol.